The van der Waals surface area contributed by atoms with Crippen LogP contribution in [0, 0.1) is 0 Å². The number of aromatic carboxylic acids is 1. The highest BCUT2D eigenvalue weighted by molar-refractivity contribution is 6.01. The number of hydrogen-bond donors (Lipinski definition) is 3. The number of hydrogen-bond acceptors (Lipinski definition) is 1. The molecule has 4 heteroatoms. The summed E-state index contributed by atoms with van der Waals surface area (Å²) in [5.74, 6) is -0.900. The fraction of sp³-hybridized carbons (Fsp3) is 0. The lowest BCUT2D eigenvalue weighted by molar-refractivity contribution is 0.0699. The maximum atomic E-state index is 10.7. The highest BCUT2D eigenvalue weighted by Crippen LogP contribution is 2.16. The summed E-state index contributed by atoms with van der Waals surface area (Å²) in [5, 5.41) is 9.71. The second-order valence-electron chi connectivity index (χ2n) is 3.44. The first-order valence-electron chi connectivity index (χ1n) is 5.16. The van der Waals surface area contributed by atoms with Crippen LogP contribution in [0.4, 0.5) is 0 Å². The van der Waals surface area contributed by atoms with E-state index in [1.54, 1.807) is 18.3 Å². The van der Waals surface area contributed by atoms with Gasteiger partial charge in [-0.1, -0.05) is 12.1 Å². The molecule has 0 spiro atoms. The third kappa shape index (κ3) is 2.55. The minimum Gasteiger partial charge on any atom is -0.478 e. The highest BCUT2D eigenvalue weighted by atomic mass is 16.4. The molecule has 0 aliphatic rings. The Morgan fingerprint density at radius 3 is 2.35 bits per heavy atom. The Hall–Kier alpha value is -2.49. The van der Waals surface area contributed by atoms with Crippen LogP contribution in [0.5, 0.6) is 0 Å². The summed E-state index contributed by atoms with van der Waals surface area (Å²) in [6, 6.07) is 10.9. The summed E-state index contributed by atoms with van der Waals surface area (Å²) in [5.41, 5.74) is 1.00. The zero-order valence-electron chi connectivity index (χ0n) is 9.05. The highest BCUT2D eigenvalue weighted by Gasteiger charge is 2.07. The van der Waals surface area contributed by atoms with Gasteiger partial charge in [0, 0.05) is 24.0 Å². The van der Waals surface area contributed by atoms with Crippen LogP contribution in [0.3, 0.4) is 0 Å². The molecule has 3 N–H and O–H groups in total. The van der Waals surface area contributed by atoms with Gasteiger partial charge in [0.2, 0.25) is 0 Å². The van der Waals surface area contributed by atoms with Gasteiger partial charge in [0.25, 0.3) is 0 Å². The van der Waals surface area contributed by atoms with E-state index in [2.05, 4.69) is 9.97 Å². The minimum atomic E-state index is -0.900. The number of rotatable bonds is 1. The van der Waals surface area contributed by atoms with Crippen LogP contribution in [-0.4, -0.2) is 21.0 Å². The zero-order chi connectivity index (χ0) is 12.1. The number of carboxylic acids is 1. The quantitative estimate of drug-likeness (QED) is 0.599. The number of para-hydroxylation sites is 1. The van der Waals surface area contributed by atoms with Crippen molar-refractivity contribution >= 4 is 16.9 Å². The van der Waals surface area contributed by atoms with Crippen molar-refractivity contribution in [1.29, 1.82) is 0 Å². The van der Waals surface area contributed by atoms with E-state index in [-0.39, 0.29) is 0 Å². The molecule has 0 amide bonds. The number of aromatic amines is 2. The summed E-state index contributed by atoms with van der Waals surface area (Å²) >= 11 is 0. The number of H-pyrrole nitrogens is 2. The molecule has 3 aromatic rings. The maximum Gasteiger partial charge on any atom is 0.337 e. The van der Waals surface area contributed by atoms with Gasteiger partial charge in [-0.25, -0.2) is 4.79 Å². The third-order valence-corrected chi connectivity index (χ3v) is 2.31. The second-order valence-corrected chi connectivity index (χ2v) is 3.44. The molecule has 0 unspecified atom stereocenters. The van der Waals surface area contributed by atoms with Gasteiger partial charge in [-0.05, 0) is 24.3 Å². The van der Waals surface area contributed by atoms with Crippen LogP contribution in [-0.2, 0) is 0 Å². The van der Waals surface area contributed by atoms with Crippen molar-refractivity contribution in [1.82, 2.24) is 9.97 Å². The maximum absolute atomic E-state index is 10.7. The fourth-order valence-electron chi connectivity index (χ4n) is 1.54. The zero-order valence-corrected chi connectivity index (χ0v) is 9.05. The van der Waals surface area contributed by atoms with E-state index in [9.17, 15) is 4.79 Å². The monoisotopic (exact) mass is 228 g/mol. The number of benzene rings is 1. The van der Waals surface area contributed by atoms with Crippen molar-refractivity contribution in [2.24, 2.45) is 0 Å². The molecule has 86 valence electrons. The molecule has 0 aliphatic heterocycles. The summed E-state index contributed by atoms with van der Waals surface area (Å²) < 4.78 is 0. The number of carboxylic acid groups (broad SMARTS) is 1. The van der Waals surface area contributed by atoms with Crippen LogP contribution in [0.1, 0.15) is 10.4 Å². The number of nitrogens with one attached hydrogen (secondary N) is 2. The summed E-state index contributed by atoms with van der Waals surface area (Å²) in [6.07, 6.45) is 5.48. The van der Waals surface area contributed by atoms with Crippen molar-refractivity contribution < 1.29 is 9.90 Å². The molecule has 2 aromatic heterocycles. The second kappa shape index (κ2) is 5.03. The molecule has 0 atom stereocenters. The normalized spacial score (nSPS) is 9.65. The van der Waals surface area contributed by atoms with Gasteiger partial charge < -0.3 is 15.1 Å². The topological polar surface area (TPSA) is 68.9 Å². The predicted molar refractivity (Wildman–Crippen MR) is 66.1 cm³/mol. The van der Waals surface area contributed by atoms with Crippen LogP contribution < -0.4 is 0 Å². The molecule has 0 radical (unpaired) electrons. The minimum absolute atomic E-state index is 0.317. The largest absolute Gasteiger partial charge is 0.478 e. The van der Waals surface area contributed by atoms with Gasteiger partial charge in [0.05, 0.1) is 11.1 Å². The third-order valence-electron chi connectivity index (χ3n) is 2.31. The molecule has 1 aromatic carbocycles. The first-order valence-corrected chi connectivity index (χ1v) is 5.16. The van der Waals surface area contributed by atoms with E-state index in [0.717, 1.165) is 5.39 Å². The van der Waals surface area contributed by atoms with Crippen molar-refractivity contribution in [3.8, 4) is 0 Å². The van der Waals surface area contributed by atoms with Gasteiger partial charge in [0.15, 0.2) is 0 Å². The fourth-order valence-corrected chi connectivity index (χ4v) is 1.54. The molecule has 3 rings (SSSR count). The average Bonchev–Trinajstić information content (AvgIpc) is 3.02. The van der Waals surface area contributed by atoms with E-state index < -0.39 is 5.97 Å². The Bertz CT molecular complexity index is 579. The Balaban J connectivity index is 0.000000181. The molecular weight excluding hydrogens is 216 g/mol. The van der Waals surface area contributed by atoms with E-state index >= 15 is 0 Å². The molecule has 4 nitrogen and oxygen atoms in total. The molecule has 0 aliphatic carbocycles. The molecule has 2 heterocycles. The lowest BCUT2D eigenvalue weighted by Gasteiger charge is -1.95. The van der Waals surface area contributed by atoms with Crippen LogP contribution in [0.15, 0.2) is 55.0 Å². The van der Waals surface area contributed by atoms with E-state index in [1.807, 2.05) is 36.7 Å². The number of carbonyl (C=O) groups is 1. The van der Waals surface area contributed by atoms with Crippen molar-refractivity contribution in [3.05, 3.63) is 60.6 Å². The van der Waals surface area contributed by atoms with E-state index in [0.29, 0.717) is 11.1 Å². The first-order chi connectivity index (χ1) is 8.29. The Labute approximate surface area is 97.9 Å². The molecule has 0 fully saturated rings. The lowest BCUT2D eigenvalue weighted by atomic mass is 10.1. The van der Waals surface area contributed by atoms with Crippen LogP contribution in [0.2, 0.25) is 0 Å². The molecule has 0 saturated heterocycles. The molecular formula is C13H12N2O2. The number of fused-ring (bicyclic) bond motifs is 1. The summed E-state index contributed by atoms with van der Waals surface area (Å²) in [7, 11) is 0. The predicted octanol–water partition coefficient (Wildman–Crippen LogP) is 2.88. The first kappa shape index (κ1) is 11.0. The summed E-state index contributed by atoms with van der Waals surface area (Å²) in [4.78, 5) is 16.4. The Kier molecular flexibility index (Phi) is 3.25. The summed E-state index contributed by atoms with van der Waals surface area (Å²) in [6.45, 7) is 0. The van der Waals surface area contributed by atoms with E-state index in [4.69, 9.17) is 5.11 Å². The SMILES string of the molecule is O=C(O)c1cccc2cc[nH]c12.c1cc[nH]c1. The molecule has 17 heavy (non-hydrogen) atoms. The average molecular weight is 228 g/mol. The molecule has 0 saturated carbocycles. The molecule has 0 bridgehead atoms. The van der Waals surface area contributed by atoms with Crippen LogP contribution in [0.25, 0.3) is 10.9 Å². The van der Waals surface area contributed by atoms with Gasteiger partial charge in [-0.3, -0.25) is 0 Å². The van der Waals surface area contributed by atoms with Gasteiger partial charge >= 0.3 is 5.97 Å². The smallest absolute Gasteiger partial charge is 0.337 e. The number of aromatic nitrogens is 2. The van der Waals surface area contributed by atoms with Crippen molar-refractivity contribution in [2.75, 3.05) is 0 Å². The van der Waals surface area contributed by atoms with Gasteiger partial charge in [-0.2, -0.15) is 0 Å². The van der Waals surface area contributed by atoms with Crippen molar-refractivity contribution in [2.45, 2.75) is 0 Å². The lowest BCUT2D eigenvalue weighted by Crippen LogP contribution is -1.96. The van der Waals surface area contributed by atoms with Crippen LogP contribution >= 0.6 is 0 Å². The standard InChI is InChI=1S/C9H7NO2.C4H5N/c11-9(12)7-3-1-2-6-4-5-10-8(6)7;1-2-4-5-3-1/h1-5,10H,(H,11,12);1-5H. The van der Waals surface area contributed by atoms with Crippen molar-refractivity contribution in [3.63, 3.8) is 0 Å². The van der Waals surface area contributed by atoms with Gasteiger partial charge in [-0.15, -0.1) is 0 Å². The van der Waals surface area contributed by atoms with Gasteiger partial charge in [0.1, 0.15) is 0 Å². The Morgan fingerprint density at radius 1 is 1.00 bits per heavy atom. The van der Waals surface area contributed by atoms with E-state index in [1.165, 1.54) is 0 Å². The Morgan fingerprint density at radius 2 is 1.76 bits per heavy atom.